The van der Waals surface area contributed by atoms with Gasteiger partial charge in [-0.2, -0.15) is 0 Å². The molecule has 3 nitrogen and oxygen atoms in total. The highest BCUT2D eigenvalue weighted by Gasteiger charge is 2.30. The summed E-state index contributed by atoms with van der Waals surface area (Å²) in [4.78, 5) is 4.12. The van der Waals surface area contributed by atoms with Crippen molar-refractivity contribution in [3.05, 3.63) is 59.4 Å². The van der Waals surface area contributed by atoms with Crippen molar-refractivity contribution in [3.63, 3.8) is 0 Å². The minimum absolute atomic E-state index is 0.290. The highest BCUT2D eigenvalue weighted by molar-refractivity contribution is 5.87. The normalized spacial score (nSPS) is 17.2. The van der Waals surface area contributed by atoms with Crippen molar-refractivity contribution in [1.82, 2.24) is 4.98 Å². The molecule has 1 aromatic heterocycles. The van der Waals surface area contributed by atoms with Crippen LogP contribution in [0, 0.1) is 5.92 Å². The monoisotopic (exact) mass is 379 g/mol. The Labute approximate surface area is 169 Å². The van der Waals surface area contributed by atoms with Gasteiger partial charge in [0, 0.05) is 12.4 Å². The van der Waals surface area contributed by atoms with Gasteiger partial charge in [-0.3, -0.25) is 4.98 Å². The maximum absolute atomic E-state index is 10.9. The van der Waals surface area contributed by atoms with Gasteiger partial charge in [-0.15, -0.1) is 0 Å². The molecule has 3 heteroatoms. The van der Waals surface area contributed by atoms with Gasteiger partial charge >= 0.3 is 0 Å². The number of unbranched alkanes of at least 4 members (excludes halogenated alkanes) is 2. The Kier molecular flexibility index (Phi) is 6.12. The molecule has 3 rings (SSSR count). The molecule has 1 aliphatic rings. The summed E-state index contributed by atoms with van der Waals surface area (Å²) in [7, 11) is 0. The zero-order chi connectivity index (χ0) is 20.3. The number of pyridine rings is 1. The second-order valence-electron chi connectivity index (χ2n) is 8.67. The molecule has 0 amide bonds. The van der Waals surface area contributed by atoms with Crippen molar-refractivity contribution in [2.24, 2.45) is 5.92 Å². The predicted octanol–water partition coefficient (Wildman–Crippen LogP) is 6.71. The van der Waals surface area contributed by atoms with E-state index >= 15 is 0 Å². The summed E-state index contributed by atoms with van der Waals surface area (Å²) in [5, 5.41) is 10.9. The Morgan fingerprint density at radius 1 is 1.11 bits per heavy atom. The highest BCUT2D eigenvalue weighted by atomic mass is 16.5. The maximum Gasteiger partial charge on any atom is 0.132 e. The van der Waals surface area contributed by atoms with Gasteiger partial charge in [0.05, 0.1) is 5.56 Å². The van der Waals surface area contributed by atoms with Crippen molar-refractivity contribution < 1.29 is 9.84 Å². The molecule has 0 aliphatic carbocycles. The highest BCUT2D eigenvalue weighted by Crippen LogP contribution is 2.46. The van der Waals surface area contributed by atoms with E-state index < -0.39 is 5.60 Å². The summed E-state index contributed by atoms with van der Waals surface area (Å²) in [6, 6.07) is 8.01. The molecule has 1 N–H and O–H groups in total. The number of benzene rings is 1. The lowest BCUT2D eigenvalue weighted by Crippen LogP contribution is -2.29. The topological polar surface area (TPSA) is 42.4 Å². The van der Waals surface area contributed by atoms with Crippen molar-refractivity contribution in [1.29, 1.82) is 0 Å². The third-order valence-corrected chi connectivity index (χ3v) is 5.87. The largest absolute Gasteiger partial charge is 0.507 e. The number of hydrogen-bond acceptors (Lipinski definition) is 3. The van der Waals surface area contributed by atoms with Crippen molar-refractivity contribution >= 4 is 5.57 Å². The molecule has 2 aromatic rings. The lowest BCUT2D eigenvalue weighted by molar-refractivity contribution is 0.157. The second kappa shape index (κ2) is 8.38. The molecule has 0 bridgehead atoms. The van der Waals surface area contributed by atoms with E-state index in [0.717, 1.165) is 28.0 Å². The van der Waals surface area contributed by atoms with E-state index in [0.29, 0.717) is 17.6 Å². The lowest BCUT2D eigenvalue weighted by atomic mass is 9.83. The molecule has 2 heterocycles. The van der Waals surface area contributed by atoms with Crippen LogP contribution in [0.4, 0.5) is 0 Å². The fourth-order valence-electron chi connectivity index (χ4n) is 4.02. The first-order valence-electron chi connectivity index (χ1n) is 10.5. The molecular formula is C25H33NO2. The number of hydrogen-bond donors (Lipinski definition) is 1. The SMILES string of the molecule is CCCCC[C@H](C)[C@H](C)c1cc(O)c2c(c1)OC(C)(C)C=C2c1ccncc1. The van der Waals surface area contributed by atoms with Crippen LogP contribution in [-0.2, 0) is 0 Å². The van der Waals surface area contributed by atoms with Crippen LogP contribution in [0.2, 0.25) is 0 Å². The molecule has 1 aliphatic heterocycles. The Morgan fingerprint density at radius 3 is 2.50 bits per heavy atom. The number of nitrogens with zero attached hydrogens (tertiary/aromatic N) is 1. The summed E-state index contributed by atoms with van der Waals surface area (Å²) in [5.74, 6) is 1.99. The first-order valence-corrected chi connectivity index (χ1v) is 10.5. The number of aromatic hydroxyl groups is 1. The smallest absolute Gasteiger partial charge is 0.132 e. The van der Waals surface area contributed by atoms with E-state index in [9.17, 15) is 5.11 Å². The molecule has 0 saturated heterocycles. The third-order valence-electron chi connectivity index (χ3n) is 5.87. The summed E-state index contributed by atoms with van der Waals surface area (Å²) in [6.07, 6.45) is 10.6. The Bertz CT molecular complexity index is 839. The van der Waals surface area contributed by atoms with E-state index in [2.05, 4.69) is 51.7 Å². The van der Waals surface area contributed by atoms with Crippen LogP contribution in [0.3, 0.4) is 0 Å². The van der Waals surface area contributed by atoms with Crippen LogP contribution in [0.5, 0.6) is 11.5 Å². The number of rotatable bonds is 7. The third kappa shape index (κ3) is 4.40. The molecule has 1 aromatic carbocycles. The Morgan fingerprint density at radius 2 is 1.82 bits per heavy atom. The van der Waals surface area contributed by atoms with Crippen LogP contribution < -0.4 is 4.74 Å². The first-order chi connectivity index (χ1) is 13.3. The van der Waals surface area contributed by atoms with Gasteiger partial charge in [0.2, 0.25) is 0 Å². The lowest BCUT2D eigenvalue weighted by Gasteiger charge is -2.33. The van der Waals surface area contributed by atoms with E-state index in [1.165, 1.54) is 25.7 Å². The molecular weight excluding hydrogens is 346 g/mol. The van der Waals surface area contributed by atoms with Crippen molar-refractivity contribution in [3.8, 4) is 11.5 Å². The van der Waals surface area contributed by atoms with E-state index in [4.69, 9.17) is 4.74 Å². The van der Waals surface area contributed by atoms with Gasteiger partial charge in [-0.25, -0.2) is 0 Å². The zero-order valence-electron chi connectivity index (χ0n) is 17.8. The van der Waals surface area contributed by atoms with E-state index in [-0.39, 0.29) is 0 Å². The number of phenolic OH excluding ortho intramolecular Hbond substituents is 1. The van der Waals surface area contributed by atoms with Gasteiger partial charge in [-0.1, -0.05) is 46.5 Å². The van der Waals surface area contributed by atoms with E-state index in [1.807, 2.05) is 18.2 Å². The predicted molar refractivity (Wildman–Crippen MR) is 116 cm³/mol. The Balaban J connectivity index is 1.97. The minimum Gasteiger partial charge on any atom is -0.507 e. The summed E-state index contributed by atoms with van der Waals surface area (Å²) >= 11 is 0. The van der Waals surface area contributed by atoms with Crippen LogP contribution in [0.15, 0.2) is 42.7 Å². The standard InChI is InChI=1S/C25H33NO2/c1-6-7-8-9-17(2)18(3)20-14-22(27)24-21(19-10-12-26-13-11-19)16-25(4,5)28-23(24)15-20/h10-18,27H,6-9H2,1-5H3/t17-,18-/m0/s1. The zero-order valence-corrected chi connectivity index (χ0v) is 17.8. The van der Waals surface area contributed by atoms with Crippen molar-refractivity contribution in [2.45, 2.75) is 71.8 Å². The molecule has 150 valence electrons. The maximum atomic E-state index is 10.9. The summed E-state index contributed by atoms with van der Waals surface area (Å²) in [5.41, 5.74) is 3.53. The molecule has 28 heavy (non-hydrogen) atoms. The van der Waals surface area contributed by atoms with Crippen LogP contribution in [0.1, 0.15) is 82.9 Å². The molecule has 0 radical (unpaired) electrons. The van der Waals surface area contributed by atoms with Crippen molar-refractivity contribution in [2.75, 3.05) is 0 Å². The van der Waals surface area contributed by atoms with Gasteiger partial charge in [0.1, 0.15) is 17.1 Å². The average molecular weight is 380 g/mol. The molecule has 0 saturated carbocycles. The second-order valence-corrected chi connectivity index (χ2v) is 8.67. The number of phenols is 1. The summed E-state index contributed by atoms with van der Waals surface area (Å²) in [6.45, 7) is 10.9. The van der Waals surface area contributed by atoms with Gasteiger partial charge in [0.25, 0.3) is 0 Å². The quantitative estimate of drug-likeness (QED) is 0.544. The number of ether oxygens (including phenoxy) is 1. The molecule has 2 atom stereocenters. The number of fused-ring (bicyclic) bond motifs is 1. The fourth-order valence-corrected chi connectivity index (χ4v) is 4.02. The number of aromatic nitrogens is 1. The van der Waals surface area contributed by atoms with E-state index in [1.54, 1.807) is 12.4 Å². The van der Waals surface area contributed by atoms with Crippen LogP contribution >= 0.6 is 0 Å². The Hall–Kier alpha value is -2.29. The summed E-state index contributed by atoms with van der Waals surface area (Å²) < 4.78 is 6.27. The fraction of sp³-hybridized carbons (Fsp3) is 0.480. The van der Waals surface area contributed by atoms with Crippen LogP contribution in [0.25, 0.3) is 5.57 Å². The van der Waals surface area contributed by atoms with Gasteiger partial charge in [0.15, 0.2) is 0 Å². The molecule has 0 fully saturated rings. The first kappa shape index (κ1) is 20.4. The molecule has 0 unspecified atom stereocenters. The van der Waals surface area contributed by atoms with Gasteiger partial charge < -0.3 is 9.84 Å². The minimum atomic E-state index is -0.438. The molecule has 0 spiro atoms. The van der Waals surface area contributed by atoms with Crippen LogP contribution in [-0.4, -0.2) is 15.7 Å². The van der Waals surface area contributed by atoms with Gasteiger partial charge in [-0.05, 0) is 72.7 Å². The average Bonchev–Trinajstić information content (AvgIpc) is 2.66.